The van der Waals surface area contributed by atoms with E-state index < -0.39 is 17.8 Å². The Kier molecular flexibility index (Phi) is 10.4. The van der Waals surface area contributed by atoms with Crippen LogP contribution in [0.5, 0.6) is 17.2 Å². The molecule has 0 bridgehead atoms. The van der Waals surface area contributed by atoms with E-state index >= 15 is 0 Å². The first-order chi connectivity index (χ1) is 21.6. The summed E-state index contributed by atoms with van der Waals surface area (Å²) >= 11 is 21.9. The van der Waals surface area contributed by atoms with Gasteiger partial charge in [-0.25, -0.2) is 9.69 Å². The first-order valence-electron chi connectivity index (χ1n) is 13.6. The summed E-state index contributed by atoms with van der Waals surface area (Å²) in [4.78, 5) is 40.0. The summed E-state index contributed by atoms with van der Waals surface area (Å²) in [6.07, 6.45) is 1.38. The van der Waals surface area contributed by atoms with Crippen LogP contribution in [-0.2, 0) is 22.8 Å². The zero-order valence-electron chi connectivity index (χ0n) is 23.6. The van der Waals surface area contributed by atoms with E-state index in [1.54, 1.807) is 60.7 Å². The topological polar surface area (TPSA) is 94.2 Å². The van der Waals surface area contributed by atoms with Crippen molar-refractivity contribution in [2.75, 3.05) is 11.5 Å². The van der Waals surface area contributed by atoms with Crippen molar-refractivity contribution in [3.8, 4) is 17.2 Å². The number of carbonyl (C=O) groups excluding carboxylic acids is 3. The molecule has 4 aromatic carbocycles. The smallest absolute Gasteiger partial charge is 0.335 e. The predicted octanol–water partition coefficient (Wildman–Crippen LogP) is 8.63. The number of amides is 4. The van der Waals surface area contributed by atoms with Crippen molar-refractivity contribution in [3.05, 3.63) is 121 Å². The summed E-state index contributed by atoms with van der Waals surface area (Å²) in [6.45, 7) is 2.53. The summed E-state index contributed by atoms with van der Waals surface area (Å²) in [7, 11) is 0. The van der Waals surface area contributed by atoms with Gasteiger partial charge in [-0.15, -0.1) is 0 Å². The van der Waals surface area contributed by atoms with E-state index in [9.17, 15) is 14.4 Å². The molecule has 0 aromatic heterocycles. The van der Waals surface area contributed by atoms with E-state index in [0.717, 1.165) is 16.0 Å². The number of hydrogen-bond donors (Lipinski definition) is 1. The Morgan fingerprint density at radius 2 is 1.53 bits per heavy atom. The third kappa shape index (κ3) is 7.62. The molecule has 0 radical (unpaired) electrons. The molecule has 0 aliphatic carbocycles. The minimum atomic E-state index is -0.872. The molecule has 0 saturated carbocycles. The Balaban J connectivity index is 1.36. The van der Waals surface area contributed by atoms with Crippen LogP contribution in [-0.4, -0.2) is 24.5 Å². The number of barbiturate groups is 1. The number of ether oxygens (including phenoxy) is 3. The van der Waals surface area contributed by atoms with E-state index in [-0.39, 0.29) is 24.5 Å². The van der Waals surface area contributed by atoms with Crippen molar-refractivity contribution in [1.82, 2.24) is 5.32 Å². The highest BCUT2D eigenvalue weighted by atomic mass is 79.9. The molecular weight excluding hydrogens is 707 g/mol. The van der Waals surface area contributed by atoms with Gasteiger partial charge in [0.15, 0.2) is 11.5 Å². The van der Waals surface area contributed by atoms with E-state index in [0.29, 0.717) is 49.0 Å². The number of anilines is 1. The number of halogens is 4. The Labute approximate surface area is 282 Å². The summed E-state index contributed by atoms with van der Waals surface area (Å²) in [6, 6.07) is 21.2. The van der Waals surface area contributed by atoms with Crippen molar-refractivity contribution in [1.29, 1.82) is 0 Å². The summed E-state index contributed by atoms with van der Waals surface area (Å²) in [5, 5.41) is 3.79. The van der Waals surface area contributed by atoms with Crippen molar-refractivity contribution in [2.24, 2.45) is 0 Å². The highest BCUT2D eigenvalue weighted by Gasteiger charge is 2.37. The molecule has 1 saturated heterocycles. The van der Waals surface area contributed by atoms with Crippen LogP contribution in [0.1, 0.15) is 23.6 Å². The molecule has 0 spiro atoms. The molecule has 230 valence electrons. The lowest BCUT2D eigenvalue weighted by Gasteiger charge is -2.26. The third-order valence-corrected chi connectivity index (χ3v) is 8.12. The lowest BCUT2D eigenvalue weighted by molar-refractivity contribution is -0.122. The van der Waals surface area contributed by atoms with Gasteiger partial charge in [0.05, 0.1) is 16.8 Å². The van der Waals surface area contributed by atoms with Crippen molar-refractivity contribution < 1.29 is 28.6 Å². The molecule has 1 fully saturated rings. The Morgan fingerprint density at radius 3 is 2.24 bits per heavy atom. The second-order valence-corrected chi connectivity index (χ2v) is 11.7. The van der Waals surface area contributed by atoms with Gasteiger partial charge >= 0.3 is 6.03 Å². The second kappa shape index (κ2) is 14.4. The van der Waals surface area contributed by atoms with E-state index in [4.69, 9.17) is 49.0 Å². The minimum absolute atomic E-state index is 0.184. The van der Waals surface area contributed by atoms with Crippen LogP contribution < -0.4 is 24.4 Å². The highest BCUT2D eigenvalue weighted by Crippen LogP contribution is 2.39. The van der Waals surface area contributed by atoms with Gasteiger partial charge in [0.2, 0.25) is 0 Å². The number of nitrogens with zero attached hydrogens (tertiary/aromatic N) is 1. The van der Waals surface area contributed by atoms with Gasteiger partial charge in [0.1, 0.15) is 24.5 Å². The van der Waals surface area contributed by atoms with Crippen LogP contribution in [0.15, 0.2) is 88.9 Å². The molecule has 1 aliphatic heterocycles. The largest absolute Gasteiger partial charge is 0.490 e. The number of hydrogen-bond acceptors (Lipinski definition) is 6. The van der Waals surface area contributed by atoms with Crippen LogP contribution in [0.4, 0.5) is 10.5 Å². The van der Waals surface area contributed by atoms with E-state index in [1.165, 1.54) is 6.08 Å². The quantitative estimate of drug-likeness (QED) is 0.130. The molecule has 4 aromatic rings. The Bertz CT molecular complexity index is 1810. The average molecular weight is 731 g/mol. The van der Waals surface area contributed by atoms with Crippen LogP contribution >= 0.6 is 50.7 Å². The van der Waals surface area contributed by atoms with Gasteiger partial charge in [-0.3, -0.25) is 14.9 Å². The summed E-state index contributed by atoms with van der Waals surface area (Å²) in [5.41, 5.74) is 1.99. The molecule has 45 heavy (non-hydrogen) atoms. The average Bonchev–Trinajstić information content (AvgIpc) is 3.00. The Hall–Kier alpha value is -4.02. The number of imide groups is 2. The maximum atomic E-state index is 13.5. The van der Waals surface area contributed by atoms with Gasteiger partial charge < -0.3 is 14.2 Å². The maximum absolute atomic E-state index is 13.5. The summed E-state index contributed by atoms with van der Waals surface area (Å²) in [5.74, 6) is -0.326. The standard InChI is InChI=1S/C33H24BrCl3N2O6/c1-2-43-29-15-19(14-26(34)30(29)45-18-20-5-3-4-6-27(20)36)13-25-31(40)38-33(42)39(32(25)41)23-9-11-24(12-10-23)44-17-21-7-8-22(35)16-28(21)37/h3-16H,2,17-18H2,1H3,(H,38,40,42)/b25-13+. The first-order valence-corrected chi connectivity index (χ1v) is 15.5. The van der Waals surface area contributed by atoms with Crippen molar-refractivity contribution in [2.45, 2.75) is 20.1 Å². The zero-order valence-corrected chi connectivity index (χ0v) is 27.5. The molecule has 12 heteroatoms. The minimum Gasteiger partial charge on any atom is -0.490 e. The zero-order chi connectivity index (χ0) is 32.1. The van der Waals surface area contributed by atoms with Crippen LogP contribution in [0.2, 0.25) is 15.1 Å². The number of nitrogens with one attached hydrogen (secondary N) is 1. The molecule has 4 amide bonds. The number of carbonyl (C=O) groups is 3. The van der Waals surface area contributed by atoms with Gasteiger partial charge in [-0.2, -0.15) is 0 Å². The van der Waals surface area contributed by atoms with Gasteiger partial charge in [0.25, 0.3) is 11.8 Å². The fraction of sp³-hybridized carbons (Fsp3) is 0.121. The molecule has 0 atom stereocenters. The van der Waals surface area contributed by atoms with Crippen molar-refractivity contribution >= 4 is 80.3 Å². The lowest BCUT2D eigenvalue weighted by atomic mass is 10.1. The molecule has 0 unspecified atom stereocenters. The summed E-state index contributed by atoms with van der Waals surface area (Å²) < 4.78 is 18.2. The molecule has 5 rings (SSSR count). The molecule has 1 heterocycles. The molecular formula is C33H24BrCl3N2O6. The van der Waals surface area contributed by atoms with Gasteiger partial charge in [0, 0.05) is 26.2 Å². The molecule has 1 aliphatic rings. The van der Waals surface area contributed by atoms with Crippen LogP contribution in [0.3, 0.4) is 0 Å². The monoisotopic (exact) mass is 728 g/mol. The van der Waals surface area contributed by atoms with Crippen molar-refractivity contribution in [3.63, 3.8) is 0 Å². The number of benzene rings is 4. The normalized spacial score (nSPS) is 14.0. The van der Waals surface area contributed by atoms with Crippen LogP contribution in [0.25, 0.3) is 6.08 Å². The number of urea groups is 1. The van der Waals surface area contributed by atoms with E-state index in [1.807, 2.05) is 25.1 Å². The Morgan fingerprint density at radius 1 is 0.822 bits per heavy atom. The molecule has 1 N–H and O–H groups in total. The third-order valence-electron chi connectivity index (χ3n) is 6.58. The molecule has 8 nitrogen and oxygen atoms in total. The fourth-order valence-electron chi connectivity index (χ4n) is 4.39. The number of rotatable bonds is 10. The lowest BCUT2D eigenvalue weighted by Crippen LogP contribution is -2.54. The van der Waals surface area contributed by atoms with E-state index in [2.05, 4.69) is 21.2 Å². The maximum Gasteiger partial charge on any atom is 0.335 e. The second-order valence-electron chi connectivity index (χ2n) is 9.62. The predicted molar refractivity (Wildman–Crippen MR) is 177 cm³/mol. The van der Waals surface area contributed by atoms with Gasteiger partial charge in [-0.05, 0) is 89.1 Å². The highest BCUT2D eigenvalue weighted by molar-refractivity contribution is 9.10. The van der Waals surface area contributed by atoms with Gasteiger partial charge in [-0.1, -0.05) is 59.1 Å². The SMILES string of the molecule is CCOc1cc(/C=C2\C(=O)NC(=O)N(c3ccc(OCc4ccc(Cl)cc4Cl)cc3)C2=O)cc(Br)c1OCc1ccccc1Cl. The fourth-order valence-corrected chi connectivity index (χ4v) is 5.62. The van der Waals surface area contributed by atoms with Crippen LogP contribution in [0, 0.1) is 0 Å². The first kappa shape index (κ1) is 32.4.